The van der Waals surface area contributed by atoms with Gasteiger partial charge in [0, 0.05) is 31.5 Å². The predicted molar refractivity (Wildman–Crippen MR) is 76.7 cm³/mol. The summed E-state index contributed by atoms with van der Waals surface area (Å²) in [6, 6.07) is 13.0. The Bertz CT molecular complexity index is 555. The Morgan fingerprint density at radius 1 is 1.11 bits per heavy atom. The summed E-state index contributed by atoms with van der Waals surface area (Å²) in [5.41, 5.74) is 7.33. The van der Waals surface area contributed by atoms with Crippen molar-refractivity contribution in [1.82, 2.24) is 0 Å². The molecule has 0 fully saturated rings. The molecule has 0 spiro atoms. The Hall–Kier alpha value is -1.87. The summed E-state index contributed by atoms with van der Waals surface area (Å²) in [4.78, 5) is 2.01. The van der Waals surface area contributed by atoms with Crippen LogP contribution in [0, 0.1) is 0 Å². The van der Waals surface area contributed by atoms with Gasteiger partial charge in [-0.3, -0.25) is 0 Å². The lowest BCUT2D eigenvalue weighted by molar-refractivity contribution is 0.483. The largest absolute Gasteiger partial charge is 0.456 e. The summed E-state index contributed by atoms with van der Waals surface area (Å²) >= 11 is 6.07. The molecule has 0 aliphatic rings. The average molecular weight is 263 g/mol. The third-order valence-electron chi connectivity index (χ3n) is 2.52. The van der Waals surface area contributed by atoms with Crippen molar-refractivity contribution in [3.8, 4) is 11.5 Å². The summed E-state index contributed by atoms with van der Waals surface area (Å²) < 4.78 is 5.74. The van der Waals surface area contributed by atoms with E-state index in [4.69, 9.17) is 22.1 Å². The fourth-order valence-electron chi connectivity index (χ4n) is 1.55. The quantitative estimate of drug-likeness (QED) is 0.856. The van der Waals surface area contributed by atoms with Crippen LogP contribution in [0.5, 0.6) is 11.5 Å². The van der Waals surface area contributed by atoms with Crippen LogP contribution in [-0.4, -0.2) is 14.1 Å². The molecule has 3 nitrogen and oxygen atoms in total. The summed E-state index contributed by atoms with van der Waals surface area (Å²) in [6.45, 7) is 0. The van der Waals surface area contributed by atoms with Crippen LogP contribution in [0.1, 0.15) is 0 Å². The normalized spacial score (nSPS) is 10.2. The minimum atomic E-state index is 0.505. The second-order valence-electron chi connectivity index (χ2n) is 4.18. The van der Waals surface area contributed by atoms with Gasteiger partial charge < -0.3 is 15.4 Å². The van der Waals surface area contributed by atoms with E-state index in [9.17, 15) is 0 Å². The number of hydrogen-bond donors (Lipinski definition) is 1. The predicted octanol–water partition coefficient (Wildman–Crippen LogP) is 3.78. The first-order valence-electron chi connectivity index (χ1n) is 5.56. The Labute approximate surface area is 112 Å². The molecule has 0 heterocycles. The fraction of sp³-hybridized carbons (Fsp3) is 0.143. The van der Waals surface area contributed by atoms with E-state index in [0.717, 1.165) is 11.4 Å². The zero-order chi connectivity index (χ0) is 13.1. The summed E-state index contributed by atoms with van der Waals surface area (Å²) in [5.74, 6) is 1.34. The van der Waals surface area contributed by atoms with Gasteiger partial charge in [0.25, 0.3) is 0 Å². The van der Waals surface area contributed by atoms with Crippen molar-refractivity contribution < 1.29 is 4.74 Å². The van der Waals surface area contributed by atoms with Crippen LogP contribution < -0.4 is 15.4 Å². The van der Waals surface area contributed by atoms with Crippen molar-refractivity contribution in [3.05, 3.63) is 47.5 Å². The van der Waals surface area contributed by atoms with Gasteiger partial charge in [0.05, 0.1) is 5.02 Å². The molecule has 94 valence electrons. The number of halogens is 1. The molecule has 18 heavy (non-hydrogen) atoms. The summed E-state index contributed by atoms with van der Waals surface area (Å²) in [7, 11) is 3.96. The zero-order valence-corrected chi connectivity index (χ0v) is 11.1. The SMILES string of the molecule is CN(C)c1cccc(Oc2ccc(N)cc2Cl)c1. The molecule has 0 aliphatic heterocycles. The van der Waals surface area contributed by atoms with E-state index in [-0.39, 0.29) is 0 Å². The van der Waals surface area contributed by atoms with Gasteiger partial charge in [0.1, 0.15) is 11.5 Å². The molecule has 0 aliphatic carbocycles. The molecule has 2 aromatic carbocycles. The highest BCUT2D eigenvalue weighted by Gasteiger charge is 2.04. The lowest BCUT2D eigenvalue weighted by Crippen LogP contribution is -2.08. The monoisotopic (exact) mass is 262 g/mol. The Balaban J connectivity index is 2.25. The second kappa shape index (κ2) is 5.19. The Kier molecular flexibility index (Phi) is 3.63. The van der Waals surface area contributed by atoms with Crippen LogP contribution in [-0.2, 0) is 0 Å². The van der Waals surface area contributed by atoms with Crippen LogP contribution in [0.2, 0.25) is 5.02 Å². The Morgan fingerprint density at radius 3 is 2.56 bits per heavy atom. The molecular formula is C14H15ClN2O. The van der Waals surface area contributed by atoms with E-state index in [1.165, 1.54) is 0 Å². The molecule has 2 aromatic rings. The van der Waals surface area contributed by atoms with Crippen LogP contribution in [0.3, 0.4) is 0 Å². The molecule has 2 rings (SSSR count). The van der Waals surface area contributed by atoms with Gasteiger partial charge >= 0.3 is 0 Å². The number of hydrogen-bond acceptors (Lipinski definition) is 3. The molecule has 0 amide bonds. The van der Waals surface area contributed by atoms with E-state index in [1.54, 1.807) is 18.2 Å². The molecule has 2 N–H and O–H groups in total. The number of ether oxygens (including phenoxy) is 1. The fourth-order valence-corrected chi connectivity index (χ4v) is 1.78. The smallest absolute Gasteiger partial charge is 0.146 e. The number of nitrogens with two attached hydrogens (primary N) is 1. The Morgan fingerprint density at radius 2 is 1.89 bits per heavy atom. The highest BCUT2D eigenvalue weighted by Crippen LogP contribution is 2.32. The minimum Gasteiger partial charge on any atom is -0.456 e. The van der Waals surface area contributed by atoms with Gasteiger partial charge in [-0.1, -0.05) is 17.7 Å². The maximum Gasteiger partial charge on any atom is 0.146 e. The third-order valence-corrected chi connectivity index (χ3v) is 2.81. The van der Waals surface area contributed by atoms with Crippen LogP contribution in [0.15, 0.2) is 42.5 Å². The molecule has 4 heteroatoms. The van der Waals surface area contributed by atoms with Crippen molar-refractivity contribution in [3.63, 3.8) is 0 Å². The van der Waals surface area contributed by atoms with Crippen LogP contribution in [0.25, 0.3) is 0 Å². The topological polar surface area (TPSA) is 38.5 Å². The van der Waals surface area contributed by atoms with Gasteiger partial charge in [0.15, 0.2) is 0 Å². The minimum absolute atomic E-state index is 0.505. The van der Waals surface area contributed by atoms with E-state index < -0.39 is 0 Å². The van der Waals surface area contributed by atoms with Gasteiger partial charge in [0.2, 0.25) is 0 Å². The summed E-state index contributed by atoms with van der Waals surface area (Å²) in [6.07, 6.45) is 0. The molecule has 0 saturated heterocycles. The maximum atomic E-state index is 6.07. The van der Waals surface area contributed by atoms with Gasteiger partial charge in [-0.25, -0.2) is 0 Å². The number of nitrogen functional groups attached to an aromatic ring is 1. The first-order valence-corrected chi connectivity index (χ1v) is 5.94. The lowest BCUT2D eigenvalue weighted by Gasteiger charge is -2.14. The first kappa shape index (κ1) is 12.6. The standard InChI is InChI=1S/C14H15ClN2O/c1-17(2)11-4-3-5-12(9-11)18-14-7-6-10(16)8-13(14)15/h3-9H,16H2,1-2H3. The highest BCUT2D eigenvalue weighted by molar-refractivity contribution is 6.32. The number of benzene rings is 2. The van der Waals surface area contributed by atoms with Crippen molar-refractivity contribution >= 4 is 23.0 Å². The molecular weight excluding hydrogens is 248 g/mol. The van der Waals surface area contributed by atoms with Crippen LogP contribution >= 0.6 is 11.6 Å². The van der Waals surface area contributed by atoms with Crippen molar-refractivity contribution in [2.24, 2.45) is 0 Å². The third kappa shape index (κ3) is 2.87. The van der Waals surface area contributed by atoms with E-state index >= 15 is 0 Å². The highest BCUT2D eigenvalue weighted by atomic mass is 35.5. The van der Waals surface area contributed by atoms with Gasteiger partial charge in [-0.05, 0) is 30.3 Å². The molecule has 0 aromatic heterocycles. The van der Waals surface area contributed by atoms with Crippen molar-refractivity contribution in [2.45, 2.75) is 0 Å². The van der Waals surface area contributed by atoms with Crippen LogP contribution in [0.4, 0.5) is 11.4 Å². The molecule has 0 atom stereocenters. The van der Waals surface area contributed by atoms with E-state index in [1.807, 2.05) is 43.3 Å². The lowest BCUT2D eigenvalue weighted by atomic mass is 10.2. The van der Waals surface area contributed by atoms with Gasteiger partial charge in [-0.15, -0.1) is 0 Å². The second-order valence-corrected chi connectivity index (χ2v) is 4.59. The number of anilines is 2. The first-order chi connectivity index (χ1) is 8.56. The molecule has 0 radical (unpaired) electrons. The van der Waals surface area contributed by atoms with Gasteiger partial charge in [-0.2, -0.15) is 0 Å². The number of rotatable bonds is 3. The van der Waals surface area contributed by atoms with Crippen molar-refractivity contribution in [1.29, 1.82) is 0 Å². The molecule has 0 bridgehead atoms. The van der Waals surface area contributed by atoms with E-state index in [0.29, 0.717) is 16.5 Å². The maximum absolute atomic E-state index is 6.07. The zero-order valence-electron chi connectivity index (χ0n) is 10.4. The van der Waals surface area contributed by atoms with Crippen molar-refractivity contribution in [2.75, 3.05) is 24.7 Å². The molecule has 0 saturated carbocycles. The molecule has 0 unspecified atom stereocenters. The van der Waals surface area contributed by atoms with E-state index in [2.05, 4.69) is 0 Å². The number of nitrogens with zero attached hydrogens (tertiary/aromatic N) is 1. The summed E-state index contributed by atoms with van der Waals surface area (Å²) in [5, 5.41) is 0.505. The average Bonchev–Trinajstić information content (AvgIpc) is 2.33.